The van der Waals surface area contributed by atoms with Crippen LogP contribution in [-0.2, 0) is 9.53 Å². The number of benzene rings is 1. The second-order valence-electron chi connectivity index (χ2n) is 4.19. The van der Waals surface area contributed by atoms with Crippen LogP contribution in [0.1, 0.15) is 30.5 Å². The molecule has 0 saturated carbocycles. The van der Waals surface area contributed by atoms with Crippen molar-refractivity contribution in [1.29, 1.82) is 0 Å². The molecule has 0 fully saturated rings. The lowest BCUT2D eigenvalue weighted by atomic mass is 10.1. The first kappa shape index (κ1) is 14.7. The minimum absolute atomic E-state index is 0.630. The van der Waals surface area contributed by atoms with Crippen molar-refractivity contribution in [3.05, 3.63) is 35.4 Å². The SMILES string of the molecule is CCOCCCNC(C(=O)O)c1ccc(C)cc1. The van der Waals surface area contributed by atoms with Crippen LogP contribution in [0.5, 0.6) is 0 Å². The Kier molecular flexibility index (Phi) is 6.39. The molecule has 0 saturated heterocycles. The number of carbonyl (C=O) groups is 1. The van der Waals surface area contributed by atoms with Gasteiger partial charge in [0.2, 0.25) is 0 Å². The van der Waals surface area contributed by atoms with E-state index in [9.17, 15) is 9.90 Å². The van der Waals surface area contributed by atoms with E-state index < -0.39 is 12.0 Å². The molecule has 0 aliphatic heterocycles. The number of hydrogen-bond acceptors (Lipinski definition) is 3. The Bertz CT molecular complexity index is 362. The number of carboxylic acid groups (broad SMARTS) is 1. The zero-order valence-corrected chi connectivity index (χ0v) is 11.0. The molecule has 0 spiro atoms. The van der Waals surface area contributed by atoms with Gasteiger partial charge in [0, 0.05) is 13.2 Å². The number of aliphatic carboxylic acids is 1. The van der Waals surface area contributed by atoms with Crippen LogP contribution in [0.4, 0.5) is 0 Å². The van der Waals surface area contributed by atoms with Crippen LogP contribution in [0.15, 0.2) is 24.3 Å². The Morgan fingerprint density at radius 1 is 1.39 bits per heavy atom. The molecule has 18 heavy (non-hydrogen) atoms. The molecule has 2 N–H and O–H groups in total. The second-order valence-corrected chi connectivity index (χ2v) is 4.19. The highest BCUT2D eigenvalue weighted by Crippen LogP contribution is 2.14. The van der Waals surface area contributed by atoms with Crippen LogP contribution in [0.2, 0.25) is 0 Å². The fourth-order valence-electron chi connectivity index (χ4n) is 1.67. The van der Waals surface area contributed by atoms with E-state index in [1.807, 2.05) is 38.1 Å². The number of carboxylic acids is 1. The second kappa shape index (κ2) is 7.84. The highest BCUT2D eigenvalue weighted by Gasteiger charge is 2.18. The summed E-state index contributed by atoms with van der Waals surface area (Å²) in [5, 5.41) is 12.2. The molecule has 0 aliphatic carbocycles. The average molecular weight is 251 g/mol. The summed E-state index contributed by atoms with van der Waals surface area (Å²) in [6.07, 6.45) is 0.809. The van der Waals surface area contributed by atoms with Crippen molar-refractivity contribution >= 4 is 5.97 Å². The Morgan fingerprint density at radius 2 is 2.06 bits per heavy atom. The van der Waals surface area contributed by atoms with E-state index in [-0.39, 0.29) is 0 Å². The molecule has 0 aromatic heterocycles. The zero-order chi connectivity index (χ0) is 13.4. The van der Waals surface area contributed by atoms with Gasteiger partial charge in [-0.3, -0.25) is 4.79 Å². The first-order valence-corrected chi connectivity index (χ1v) is 6.25. The minimum atomic E-state index is -0.852. The standard InChI is InChI=1S/C14H21NO3/c1-3-18-10-4-9-15-13(14(16)17)12-7-5-11(2)6-8-12/h5-8,13,15H,3-4,9-10H2,1-2H3,(H,16,17). The number of aryl methyl sites for hydroxylation is 1. The Balaban J connectivity index is 2.50. The van der Waals surface area contributed by atoms with Gasteiger partial charge in [-0.05, 0) is 32.4 Å². The average Bonchev–Trinajstić information content (AvgIpc) is 2.35. The number of rotatable bonds is 8. The summed E-state index contributed by atoms with van der Waals surface area (Å²) in [6, 6.07) is 6.90. The molecule has 1 unspecified atom stereocenters. The van der Waals surface area contributed by atoms with Crippen LogP contribution in [0.25, 0.3) is 0 Å². The van der Waals surface area contributed by atoms with E-state index in [1.165, 1.54) is 0 Å². The first-order chi connectivity index (χ1) is 8.65. The molecule has 0 aliphatic rings. The predicted octanol–water partition coefficient (Wildman–Crippen LogP) is 2.14. The molecule has 1 aromatic rings. The predicted molar refractivity (Wildman–Crippen MR) is 70.7 cm³/mol. The smallest absolute Gasteiger partial charge is 0.325 e. The van der Waals surface area contributed by atoms with Crippen LogP contribution < -0.4 is 5.32 Å². The van der Waals surface area contributed by atoms with Gasteiger partial charge in [-0.2, -0.15) is 0 Å². The highest BCUT2D eigenvalue weighted by molar-refractivity contribution is 5.75. The molecule has 1 aromatic carbocycles. The zero-order valence-electron chi connectivity index (χ0n) is 11.0. The maximum Gasteiger partial charge on any atom is 0.325 e. The van der Waals surface area contributed by atoms with Gasteiger partial charge in [-0.15, -0.1) is 0 Å². The number of ether oxygens (including phenoxy) is 1. The Morgan fingerprint density at radius 3 is 2.61 bits per heavy atom. The van der Waals surface area contributed by atoms with Gasteiger partial charge >= 0.3 is 5.97 Å². The Labute approximate surface area is 108 Å². The van der Waals surface area contributed by atoms with Gasteiger partial charge in [0.15, 0.2) is 0 Å². The Hall–Kier alpha value is -1.39. The van der Waals surface area contributed by atoms with Gasteiger partial charge in [0.05, 0.1) is 0 Å². The van der Waals surface area contributed by atoms with Gasteiger partial charge in [-0.1, -0.05) is 29.8 Å². The van der Waals surface area contributed by atoms with E-state index in [2.05, 4.69) is 5.32 Å². The van der Waals surface area contributed by atoms with Crippen molar-refractivity contribution in [2.24, 2.45) is 0 Å². The fraction of sp³-hybridized carbons (Fsp3) is 0.500. The molecular weight excluding hydrogens is 230 g/mol. The summed E-state index contributed by atoms with van der Waals surface area (Å²) < 4.78 is 5.21. The maximum atomic E-state index is 11.2. The van der Waals surface area contributed by atoms with Crippen molar-refractivity contribution in [2.75, 3.05) is 19.8 Å². The summed E-state index contributed by atoms with van der Waals surface area (Å²) in [5.74, 6) is -0.852. The molecular formula is C14H21NO3. The van der Waals surface area contributed by atoms with E-state index in [0.29, 0.717) is 19.8 Å². The third-order valence-corrected chi connectivity index (χ3v) is 2.68. The number of nitrogens with one attached hydrogen (secondary N) is 1. The maximum absolute atomic E-state index is 11.2. The molecule has 0 amide bonds. The van der Waals surface area contributed by atoms with E-state index in [4.69, 9.17) is 4.74 Å². The first-order valence-electron chi connectivity index (χ1n) is 6.25. The van der Waals surface area contributed by atoms with Gasteiger partial charge in [0.1, 0.15) is 6.04 Å². The van der Waals surface area contributed by atoms with E-state index in [1.54, 1.807) is 0 Å². The molecule has 0 heterocycles. The molecule has 0 radical (unpaired) electrons. The van der Waals surface area contributed by atoms with Gasteiger partial charge in [-0.25, -0.2) is 0 Å². The lowest BCUT2D eigenvalue weighted by Crippen LogP contribution is -2.29. The van der Waals surface area contributed by atoms with Crippen LogP contribution in [-0.4, -0.2) is 30.8 Å². The highest BCUT2D eigenvalue weighted by atomic mass is 16.5. The summed E-state index contributed by atoms with van der Waals surface area (Å²) in [5.41, 5.74) is 1.91. The number of hydrogen-bond donors (Lipinski definition) is 2. The summed E-state index contributed by atoms with van der Waals surface area (Å²) in [4.78, 5) is 11.2. The molecule has 100 valence electrons. The molecule has 0 bridgehead atoms. The van der Waals surface area contributed by atoms with Crippen molar-refractivity contribution in [3.8, 4) is 0 Å². The van der Waals surface area contributed by atoms with Crippen LogP contribution >= 0.6 is 0 Å². The molecule has 4 heteroatoms. The molecule has 1 atom stereocenters. The molecule has 4 nitrogen and oxygen atoms in total. The van der Waals surface area contributed by atoms with E-state index >= 15 is 0 Å². The third-order valence-electron chi connectivity index (χ3n) is 2.68. The van der Waals surface area contributed by atoms with Crippen LogP contribution in [0, 0.1) is 6.92 Å². The summed E-state index contributed by atoms with van der Waals surface area (Å²) in [7, 11) is 0. The largest absolute Gasteiger partial charge is 0.480 e. The fourth-order valence-corrected chi connectivity index (χ4v) is 1.67. The summed E-state index contributed by atoms with van der Waals surface area (Å²) >= 11 is 0. The lowest BCUT2D eigenvalue weighted by Gasteiger charge is -2.15. The van der Waals surface area contributed by atoms with Crippen molar-refractivity contribution in [3.63, 3.8) is 0 Å². The third kappa shape index (κ3) is 4.85. The van der Waals surface area contributed by atoms with Gasteiger partial charge < -0.3 is 15.2 Å². The molecule has 1 rings (SSSR count). The normalized spacial score (nSPS) is 12.3. The minimum Gasteiger partial charge on any atom is -0.480 e. The summed E-state index contributed by atoms with van der Waals surface area (Å²) in [6.45, 7) is 5.91. The monoisotopic (exact) mass is 251 g/mol. The topological polar surface area (TPSA) is 58.6 Å². The van der Waals surface area contributed by atoms with Crippen molar-refractivity contribution < 1.29 is 14.6 Å². The van der Waals surface area contributed by atoms with E-state index in [0.717, 1.165) is 17.5 Å². The van der Waals surface area contributed by atoms with Gasteiger partial charge in [0.25, 0.3) is 0 Å². The van der Waals surface area contributed by atoms with Crippen molar-refractivity contribution in [1.82, 2.24) is 5.32 Å². The lowest BCUT2D eigenvalue weighted by molar-refractivity contribution is -0.139. The van der Waals surface area contributed by atoms with Crippen molar-refractivity contribution in [2.45, 2.75) is 26.3 Å². The quantitative estimate of drug-likeness (QED) is 0.695. The van der Waals surface area contributed by atoms with Crippen LogP contribution in [0.3, 0.4) is 0 Å².